The highest BCUT2D eigenvalue weighted by molar-refractivity contribution is 6.93. The molecule has 0 saturated heterocycles. The molecule has 326 valence electrons. The number of fused-ring (bicyclic) bond motifs is 17. The Bertz CT molecular complexity index is 3350. The van der Waals surface area contributed by atoms with E-state index in [0.29, 0.717) is 0 Å². The summed E-state index contributed by atoms with van der Waals surface area (Å²) in [7, 11) is 0. The van der Waals surface area contributed by atoms with Gasteiger partial charge in [0.2, 0.25) is 0 Å². The van der Waals surface area contributed by atoms with Crippen molar-refractivity contribution in [2.24, 2.45) is 0 Å². The summed E-state index contributed by atoms with van der Waals surface area (Å²) in [6, 6.07) is 48.7. The lowest BCUT2D eigenvalue weighted by molar-refractivity contribution is 0.194. The van der Waals surface area contributed by atoms with E-state index in [0.717, 1.165) is 6.42 Å². The molecule has 2 nitrogen and oxygen atoms in total. The van der Waals surface area contributed by atoms with E-state index in [-0.39, 0.29) is 34.0 Å². The van der Waals surface area contributed by atoms with Crippen LogP contribution in [0, 0.1) is 0 Å². The van der Waals surface area contributed by atoms with E-state index in [1.165, 1.54) is 156 Å². The highest BCUT2D eigenvalue weighted by atomic mass is 15.3. The van der Waals surface area contributed by atoms with Crippen LogP contribution < -0.4 is 20.6 Å². The number of anilines is 4. The van der Waals surface area contributed by atoms with Gasteiger partial charge < -0.3 is 9.71 Å². The molecular weight excluding hydrogens is 796 g/mol. The van der Waals surface area contributed by atoms with Gasteiger partial charge in [-0.15, -0.1) is 0 Å². The molecule has 2 unspecified atom stereocenters. The Balaban J connectivity index is 1.16. The molecule has 0 radical (unpaired) electrons. The number of rotatable bonds is 4. The van der Waals surface area contributed by atoms with Crippen molar-refractivity contribution in [2.45, 2.75) is 134 Å². The highest BCUT2D eigenvalue weighted by Gasteiger charge is 2.63. The summed E-state index contributed by atoms with van der Waals surface area (Å²) in [6.45, 7) is 22.5. The normalized spacial score (nSPS) is 22.7. The number of hydrogen-bond acceptors (Lipinski definition) is 2. The zero-order chi connectivity index (χ0) is 45.0. The molecule has 7 aromatic rings. The molecule has 3 heterocycles. The average molecular weight is 857 g/mol. The zero-order valence-corrected chi connectivity index (χ0v) is 40.5. The summed E-state index contributed by atoms with van der Waals surface area (Å²) in [5.41, 5.74) is 31.2. The van der Waals surface area contributed by atoms with E-state index >= 15 is 0 Å². The summed E-state index contributed by atoms with van der Waals surface area (Å²) >= 11 is 0. The van der Waals surface area contributed by atoms with Crippen LogP contribution in [0.5, 0.6) is 0 Å². The number of unbranched alkanes of at least 4 members (excludes halogenated alkanes) is 1. The van der Waals surface area contributed by atoms with Crippen molar-refractivity contribution in [3.8, 4) is 44.5 Å². The smallest absolute Gasteiger partial charge is 0.333 e. The van der Waals surface area contributed by atoms with Gasteiger partial charge in [0.05, 0.1) is 5.54 Å². The van der Waals surface area contributed by atoms with Gasteiger partial charge in [-0.2, -0.15) is 0 Å². The molecule has 0 spiro atoms. The molecule has 2 atom stereocenters. The molecular formula is C63H61BN2. The van der Waals surface area contributed by atoms with Crippen LogP contribution in [0.15, 0.2) is 121 Å². The minimum Gasteiger partial charge on any atom is -0.376 e. The van der Waals surface area contributed by atoms with Crippen LogP contribution in [0.2, 0.25) is 0 Å². The second-order valence-electron chi connectivity index (χ2n) is 23.4. The van der Waals surface area contributed by atoms with Crippen LogP contribution in [-0.4, -0.2) is 12.4 Å². The van der Waals surface area contributed by atoms with Crippen molar-refractivity contribution in [3.05, 3.63) is 166 Å². The van der Waals surface area contributed by atoms with Gasteiger partial charge in [-0.25, -0.2) is 0 Å². The lowest BCUT2D eigenvalue weighted by atomic mass is 9.42. The number of hydrogen-bond donors (Lipinski definition) is 0. The summed E-state index contributed by atoms with van der Waals surface area (Å²) in [5.74, 6) is 0. The minimum absolute atomic E-state index is 0.0128. The zero-order valence-electron chi connectivity index (χ0n) is 40.5. The molecule has 1 saturated carbocycles. The van der Waals surface area contributed by atoms with Crippen molar-refractivity contribution in [2.75, 3.05) is 9.71 Å². The van der Waals surface area contributed by atoms with E-state index < -0.39 is 0 Å². The first-order valence-corrected chi connectivity index (χ1v) is 25.3. The quantitative estimate of drug-likeness (QED) is 0.163. The van der Waals surface area contributed by atoms with Gasteiger partial charge in [0, 0.05) is 50.0 Å². The lowest BCUT2D eigenvalue weighted by Gasteiger charge is -2.54. The first-order valence-electron chi connectivity index (χ1n) is 25.3. The van der Waals surface area contributed by atoms with Crippen LogP contribution in [0.25, 0.3) is 44.5 Å². The second-order valence-corrected chi connectivity index (χ2v) is 23.4. The first-order chi connectivity index (χ1) is 31.7. The molecule has 7 aromatic carbocycles. The fraction of sp³-hybridized carbons (Fsp3) is 0.333. The SMILES string of the molecule is CCCCc1cc2c3c(c1)C1(C)CCCCC1(C)N3c1c3c(cc4c1C(C)(C)c1ccccc1-4)-c1cc4c(cc1N(c1ccc5c(c1)C(C)(C)c1ccccc1-5)B23)C(C)(C)c1ccccc1-4. The van der Waals surface area contributed by atoms with Gasteiger partial charge in [-0.1, -0.05) is 166 Å². The predicted octanol–water partition coefficient (Wildman–Crippen LogP) is 14.9. The van der Waals surface area contributed by atoms with Crippen molar-refractivity contribution in [3.63, 3.8) is 0 Å². The standard InChI is InChI=1S/C63H61BN2/c1-10-11-20-37-31-52-57-53(32-37)64-56-46(35-45-41-23-14-17-26-49(41)61(6,7)55(45)58(56)65(57)63(9)30-19-18-29-62(52,63)8)44-34-43-40-22-13-16-25-48(40)60(4,5)51(43)36-54(44)66(64)38-27-28-42-39-21-12-15-24-47(39)59(2,3)50(42)33-38/h12-17,21-28,31-36H,10-11,18-20,29-30H2,1-9H3. The monoisotopic (exact) mass is 856 g/mol. The number of aryl methyl sites for hydroxylation is 1. The van der Waals surface area contributed by atoms with E-state index in [1.807, 2.05) is 0 Å². The topological polar surface area (TPSA) is 6.48 Å². The maximum Gasteiger partial charge on any atom is 0.333 e. The predicted molar refractivity (Wildman–Crippen MR) is 280 cm³/mol. The summed E-state index contributed by atoms with van der Waals surface area (Å²) in [5, 5.41) is 0. The molecule has 0 aromatic heterocycles. The Morgan fingerprint density at radius 1 is 0.500 bits per heavy atom. The molecule has 3 heteroatoms. The Kier molecular flexibility index (Phi) is 7.51. The molecule has 14 rings (SSSR count). The third-order valence-corrected chi connectivity index (χ3v) is 19.1. The van der Waals surface area contributed by atoms with E-state index in [1.54, 1.807) is 5.56 Å². The molecule has 0 N–H and O–H groups in total. The minimum atomic E-state index is -0.182. The maximum absolute atomic E-state index is 3.01. The largest absolute Gasteiger partial charge is 0.376 e. The van der Waals surface area contributed by atoms with Crippen LogP contribution in [-0.2, 0) is 28.1 Å². The Morgan fingerprint density at radius 2 is 1.09 bits per heavy atom. The van der Waals surface area contributed by atoms with E-state index in [2.05, 4.69) is 193 Å². The van der Waals surface area contributed by atoms with E-state index in [4.69, 9.17) is 0 Å². The second kappa shape index (κ2) is 12.6. The number of benzene rings is 7. The molecule has 3 aliphatic heterocycles. The maximum atomic E-state index is 3.01. The van der Waals surface area contributed by atoms with Gasteiger partial charge in [0.1, 0.15) is 0 Å². The van der Waals surface area contributed by atoms with Gasteiger partial charge in [-0.3, -0.25) is 0 Å². The Labute approximate surface area is 393 Å². The van der Waals surface area contributed by atoms with Gasteiger partial charge in [0.15, 0.2) is 0 Å². The summed E-state index contributed by atoms with van der Waals surface area (Å²) < 4.78 is 0. The first kappa shape index (κ1) is 39.4. The van der Waals surface area contributed by atoms with Gasteiger partial charge >= 0.3 is 6.85 Å². The fourth-order valence-electron chi connectivity index (χ4n) is 15.5. The van der Waals surface area contributed by atoms with Crippen molar-refractivity contribution in [1.29, 1.82) is 0 Å². The average Bonchev–Trinajstić information content (AvgIpc) is 3.87. The van der Waals surface area contributed by atoms with E-state index in [9.17, 15) is 0 Å². The summed E-state index contributed by atoms with van der Waals surface area (Å²) in [4.78, 5) is 5.88. The molecule has 0 amide bonds. The molecule has 7 aliphatic rings. The third kappa shape index (κ3) is 4.48. The van der Waals surface area contributed by atoms with Crippen LogP contribution >= 0.6 is 0 Å². The van der Waals surface area contributed by atoms with Gasteiger partial charge in [-0.05, 0) is 157 Å². The lowest BCUT2D eigenvalue weighted by Crippen LogP contribution is -2.65. The molecule has 0 bridgehead atoms. The van der Waals surface area contributed by atoms with Crippen LogP contribution in [0.1, 0.15) is 145 Å². The van der Waals surface area contributed by atoms with Crippen LogP contribution in [0.3, 0.4) is 0 Å². The van der Waals surface area contributed by atoms with Gasteiger partial charge in [0.25, 0.3) is 0 Å². The highest BCUT2D eigenvalue weighted by Crippen LogP contribution is 2.66. The molecule has 66 heavy (non-hydrogen) atoms. The third-order valence-electron chi connectivity index (χ3n) is 19.1. The Hall–Kier alpha value is -5.80. The number of nitrogens with zero attached hydrogens (tertiary/aromatic N) is 2. The molecule has 4 aliphatic carbocycles. The summed E-state index contributed by atoms with van der Waals surface area (Å²) in [6.07, 6.45) is 8.48. The fourth-order valence-corrected chi connectivity index (χ4v) is 15.5. The van der Waals surface area contributed by atoms with Crippen LogP contribution in [0.4, 0.5) is 22.7 Å². The Morgan fingerprint density at radius 3 is 1.79 bits per heavy atom. The van der Waals surface area contributed by atoms with Crippen molar-refractivity contribution in [1.82, 2.24) is 0 Å². The van der Waals surface area contributed by atoms with Crippen molar-refractivity contribution >= 4 is 40.5 Å². The van der Waals surface area contributed by atoms with Crippen molar-refractivity contribution < 1.29 is 0 Å². The molecule has 1 fully saturated rings.